The van der Waals surface area contributed by atoms with E-state index in [1.807, 2.05) is 48.5 Å². The van der Waals surface area contributed by atoms with Gasteiger partial charge in [0, 0.05) is 0 Å². The number of fused-ring (bicyclic) bond motifs is 2. The number of hydrogen-bond donors (Lipinski definition) is 2. The molecule has 0 radical (unpaired) electrons. The van der Waals surface area contributed by atoms with Gasteiger partial charge in [-0.25, -0.2) is 9.97 Å². The molecule has 2 heterocycles. The maximum absolute atomic E-state index is 4.73. The van der Waals surface area contributed by atoms with Gasteiger partial charge in [-0.15, -0.1) is 0 Å². The normalized spacial score (nSPS) is 11.2. The fourth-order valence-electron chi connectivity index (χ4n) is 2.73. The van der Waals surface area contributed by atoms with Crippen molar-refractivity contribution in [2.75, 3.05) is 7.05 Å². The van der Waals surface area contributed by atoms with Crippen LogP contribution in [0.4, 0.5) is 0 Å². The number of hydrogen-bond acceptors (Lipinski definition) is 3. The maximum atomic E-state index is 4.73. The molecule has 0 saturated carbocycles. The van der Waals surface area contributed by atoms with Gasteiger partial charge in [0.05, 0.1) is 35.2 Å². The summed E-state index contributed by atoms with van der Waals surface area (Å²) in [7, 11) is 11.5. The molecule has 0 fully saturated rings. The molecular weight excluding hydrogens is 404 g/mol. The zero-order valence-electron chi connectivity index (χ0n) is 13.5. The topological polar surface area (TPSA) is 60.6 Å². The van der Waals surface area contributed by atoms with Crippen LogP contribution in [0, 0.1) is 0 Å². The molecule has 4 rings (SSSR count). The summed E-state index contributed by atoms with van der Waals surface area (Å²) in [6, 6.07) is 16.2. The molecule has 25 heavy (non-hydrogen) atoms. The first-order valence-electron chi connectivity index (χ1n) is 7.59. The van der Waals surface area contributed by atoms with Crippen molar-refractivity contribution >= 4 is 42.4 Å². The summed E-state index contributed by atoms with van der Waals surface area (Å²) >= 11 is 0.382. The number of aromatic nitrogens is 4. The van der Waals surface area contributed by atoms with E-state index in [2.05, 4.69) is 31.9 Å². The minimum atomic E-state index is 0.382. The van der Waals surface area contributed by atoms with Crippen LogP contribution in [0.3, 0.4) is 0 Å². The minimum absolute atomic E-state index is 0.382. The van der Waals surface area contributed by atoms with Crippen molar-refractivity contribution in [2.24, 2.45) is 0 Å². The monoisotopic (exact) mass is 420 g/mol. The van der Waals surface area contributed by atoms with Crippen molar-refractivity contribution in [3.05, 3.63) is 60.2 Å². The molecular formula is C17H17Cl2CoN5+. The van der Waals surface area contributed by atoms with Crippen molar-refractivity contribution < 1.29 is 12.9 Å². The van der Waals surface area contributed by atoms with Gasteiger partial charge in [0.1, 0.15) is 11.6 Å². The number of nitrogens with zero attached hydrogens (tertiary/aromatic N) is 3. The van der Waals surface area contributed by atoms with Crippen LogP contribution < -0.4 is 0 Å². The van der Waals surface area contributed by atoms with Gasteiger partial charge in [0.15, 0.2) is 0 Å². The Hall–Kier alpha value is -1.57. The SMILES string of the molecule is CN(Cc1nc2ccccc2[nH]1)Cc1nc2ccccc2[nH]1.[Cl][Co+][Cl]. The molecule has 0 atom stereocenters. The molecule has 5 nitrogen and oxygen atoms in total. The third kappa shape index (κ3) is 4.74. The Morgan fingerprint density at radius 2 is 1.24 bits per heavy atom. The van der Waals surface area contributed by atoms with Gasteiger partial charge in [0.2, 0.25) is 0 Å². The van der Waals surface area contributed by atoms with Crippen LogP contribution in [-0.4, -0.2) is 31.9 Å². The second kappa shape index (κ2) is 8.69. The molecule has 4 aromatic rings. The quantitative estimate of drug-likeness (QED) is 0.512. The van der Waals surface area contributed by atoms with E-state index < -0.39 is 0 Å². The number of nitrogens with one attached hydrogen (secondary N) is 2. The van der Waals surface area contributed by atoms with E-state index in [1.165, 1.54) is 0 Å². The van der Waals surface area contributed by atoms with Gasteiger partial charge in [-0.1, -0.05) is 24.3 Å². The number of halogens is 2. The zero-order chi connectivity index (χ0) is 17.6. The first-order valence-corrected chi connectivity index (χ1v) is 10.5. The van der Waals surface area contributed by atoms with Crippen LogP contribution in [-0.2, 0) is 26.0 Å². The van der Waals surface area contributed by atoms with Crippen molar-refractivity contribution in [3.63, 3.8) is 0 Å². The number of benzene rings is 2. The van der Waals surface area contributed by atoms with E-state index in [1.54, 1.807) is 0 Å². The number of rotatable bonds is 4. The molecule has 0 spiro atoms. The summed E-state index contributed by atoms with van der Waals surface area (Å²) in [5.74, 6) is 1.94. The van der Waals surface area contributed by atoms with E-state index in [0.717, 1.165) is 46.8 Å². The average Bonchev–Trinajstić information content (AvgIpc) is 3.17. The summed E-state index contributed by atoms with van der Waals surface area (Å²) in [6.45, 7) is 1.51. The van der Waals surface area contributed by atoms with Crippen LogP contribution in [0.5, 0.6) is 0 Å². The number of para-hydroxylation sites is 4. The first kappa shape index (κ1) is 18.2. The summed E-state index contributed by atoms with van der Waals surface area (Å²) in [4.78, 5) is 18.1. The summed E-state index contributed by atoms with van der Waals surface area (Å²) in [5.41, 5.74) is 4.17. The number of aromatic amines is 2. The molecule has 0 amide bonds. The number of H-pyrrole nitrogens is 2. The molecule has 2 aromatic heterocycles. The van der Waals surface area contributed by atoms with E-state index in [4.69, 9.17) is 20.3 Å². The Morgan fingerprint density at radius 3 is 1.64 bits per heavy atom. The molecule has 2 aromatic carbocycles. The van der Waals surface area contributed by atoms with Crippen LogP contribution in [0.1, 0.15) is 11.6 Å². The van der Waals surface area contributed by atoms with E-state index in [9.17, 15) is 0 Å². The van der Waals surface area contributed by atoms with E-state index in [0.29, 0.717) is 12.9 Å². The third-order valence-corrected chi connectivity index (χ3v) is 3.72. The Kier molecular flexibility index (Phi) is 6.33. The second-order valence-corrected chi connectivity index (χ2v) is 7.34. The molecule has 8 heteroatoms. The molecule has 0 aliphatic heterocycles. The zero-order valence-corrected chi connectivity index (χ0v) is 16.0. The predicted molar refractivity (Wildman–Crippen MR) is 99.1 cm³/mol. The Morgan fingerprint density at radius 1 is 0.840 bits per heavy atom. The Bertz CT molecular complexity index is 810. The van der Waals surface area contributed by atoms with Gasteiger partial charge in [-0.2, -0.15) is 0 Å². The summed E-state index contributed by atoms with van der Waals surface area (Å²) in [6.07, 6.45) is 0. The van der Waals surface area contributed by atoms with Crippen LogP contribution in [0.2, 0.25) is 0 Å². The Labute approximate surface area is 160 Å². The van der Waals surface area contributed by atoms with Gasteiger partial charge in [-0.05, 0) is 31.3 Å². The van der Waals surface area contributed by atoms with Gasteiger partial charge >= 0.3 is 33.2 Å². The van der Waals surface area contributed by atoms with Gasteiger partial charge < -0.3 is 9.97 Å². The molecule has 0 unspecified atom stereocenters. The standard InChI is InChI=1S/C17H17N5.2ClH.Co/c1-22(10-16-18-12-6-2-3-7-13(12)19-16)11-17-20-14-8-4-5-9-15(14)21-17;;;/h2-9H,10-11H2,1H3,(H,18,19)(H,20,21);2*1H;/q;;;+3/p-2. The van der Waals surface area contributed by atoms with Crippen molar-refractivity contribution in [1.29, 1.82) is 0 Å². The van der Waals surface area contributed by atoms with Gasteiger partial charge in [-0.3, -0.25) is 4.90 Å². The summed E-state index contributed by atoms with van der Waals surface area (Å²) in [5, 5.41) is 0. The summed E-state index contributed by atoms with van der Waals surface area (Å²) < 4.78 is 0. The van der Waals surface area contributed by atoms with Crippen molar-refractivity contribution in [1.82, 2.24) is 24.8 Å². The first-order chi connectivity index (χ1) is 12.2. The molecule has 0 aliphatic carbocycles. The molecule has 0 bridgehead atoms. The van der Waals surface area contributed by atoms with Crippen LogP contribution in [0.15, 0.2) is 48.5 Å². The fourth-order valence-corrected chi connectivity index (χ4v) is 2.73. The molecule has 132 valence electrons. The van der Waals surface area contributed by atoms with E-state index >= 15 is 0 Å². The molecule has 0 aliphatic rings. The van der Waals surface area contributed by atoms with Crippen molar-refractivity contribution in [3.8, 4) is 0 Å². The predicted octanol–water partition coefficient (Wildman–Crippen LogP) is 4.45. The molecule has 0 saturated heterocycles. The fraction of sp³-hybridized carbons (Fsp3) is 0.176. The molecule has 2 N–H and O–H groups in total. The number of imidazole rings is 2. The van der Waals surface area contributed by atoms with Crippen molar-refractivity contribution in [2.45, 2.75) is 13.1 Å². The van der Waals surface area contributed by atoms with Crippen LogP contribution >= 0.6 is 20.3 Å². The van der Waals surface area contributed by atoms with Crippen LogP contribution in [0.25, 0.3) is 22.1 Å². The average molecular weight is 421 g/mol. The second-order valence-electron chi connectivity index (χ2n) is 5.62. The Balaban J connectivity index is 0.000000569. The van der Waals surface area contributed by atoms with Gasteiger partial charge in [0.25, 0.3) is 0 Å². The van der Waals surface area contributed by atoms with E-state index in [-0.39, 0.29) is 0 Å². The third-order valence-electron chi connectivity index (χ3n) is 3.72.